The third kappa shape index (κ3) is 6.06. The molecule has 0 radical (unpaired) electrons. The van der Waals surface area contributed by atoms with Crippen LogP contribution in [0.4, 0.5) is 8.78 Å². The van der Waals surface area contributed by atoms with E-state index in [2.05, 4.69) is 10.9 Å². The van der Waals surface area contributed by atoms with Crippen LogP contribution in [0.1, 0.15) is 12.5 Å². The predicted octanol–water partition coefficient (Wildman–Crippen LogP) is 2.59. The minimum absolute atomic E-state index is 0.326. The van der Waals surface area contributed by atoms with Crippen molar-refractivity contribution in [2.45, 2.75) is 13.0 Å². The van der Waals surface area contributed by atoms with Gasteiger partial charge in [0.2, 0.25) is 0 Å². The second-order valence-corrected chi connectivity index (χ2v) is 5.08. The molecule has 0 fully saturated rings. The molecule has 0 saturated heterocycles. The molecule has 0 aliphatic rings. The van der Waals surface area contributed by atoms with E-state index in [1.54, 1.807) is 0 Å². The molecule has 0 aliphatic heterocycles. The van der Waals surface area contributed by atoms with Gasteiger partial charge in [-0.15, -0.1) is 0 Å². The van der Waals surface area contributed by atoms with Crippen molar-refractivity contribution in [3.8, 4) is 5.75 Å². The summed E-state index contributed by atoms with van der Waals surface area (Å²) in [7, 11) is 0. The van der Waals surface area contributed by atoms with E-state index >= 15 is 0 Å². The second-order valence-electron chi connectivity index (χ2n) is 5.08. The van der Waals surface area contributed by atoms with Crippen LogP contribution in [0.5, 0.6) is 5.75 Å². The molecule has 2 aromatic carbocycles. The zero-order chi connectivity index (χ0) is 18.2. The smallest absolute Gasteiger partial charge is 0.279 e. The first-order valence-corrected chi connectivity index (χ1v) is 7.40. The first kappa shape index (κ1) is 18.1. The molecule has 0 spiro atoms. The van der Waals surface area contributed by atoms with Crippen molar-refractivity contribution in [1.82, 2.24) is 10.9 Å². The number of rotatable bonds is 5. The lowest BCUT2D eigenvalue weighted by Gasteiger charge is -2.14. The summed E-state index contributed by atoms with van der Waals surface area (Å²) >= 11 is 0. The topological polar surface area (TPSA) is 67.4 Å². The monoisotopic (exact) mass is 346 g/mol. The van der Waals surface area contributed by atoms with E-state index in [-0.39, 0.29) is 5.82 Å². The Morgan fingerprint density at radius 3 is 2.12 bits per heavy atom. The van der Waals surface area contributed by atoms with Gasteiger partial charge in [0.05, 0.1) is 0 Å². The highest BCUT2D eigenvalue weighted by atomic mass is 19.1. The van der Waals surface area contributed by atoms with Crippen LogP contribution in [0.25, 0.3) is 6.08 Å². The van der Waals surface area contributed by atoms with Crippen molar-refractivity contribution in [3.63, 3.8) is 0 Å². The normalized spacial score (nSPS) is 11.8. The molecule has 2 amide bonds. The Morgan fingerprint density at radius 2 is 1.52 bits per heavy atom. The van der Waals surface area contributed by atoms with E-state index in [1.165, 1.54) is 67.6 Å². The van der Waals surface area contributed by atoms with Gasteiger partial charge in [0, 0.05) is 6.08 Å². The molecule has 2 aromatic rings. The minimum Gasteiger partial charge on any atom is -0.481 e. The van der Waals surface area contributed by atoms with Crippen molar-refractivity contribution in [1.29, 1.82) is 0 Å². The fraction of sp³-hybridized carbons (Fsp3) is 0.111. The summed E-state index contributed by atoms with van der Waals surface area (Å²) in [5.74, 6) is -1.60. The van der Waals surface area contributed by atoms with Gasteiger partial charge in [0.25, 0.3) is 11.8 Å². The highest BCUT2D eigenvalue weighted by molar-refractivity contribution is 5.93. The van der Waals surface area contributed by atoms with Gasteiger partial charge in [-0.25, -0.2) is 8.78 Å². The first-order valence-electron chi connectivity index (χ1n) is 7.40. The summed E-state index contributed by atoms with van der Waals surface area (Å²) in [5, 5.41) is 0. The van der Waals surface area contributed by atoms with E-state index in [0.717, 1.165) is 0 Å². The fourth-order valence-electron chi connectivity index (χ4n) is 1.78. The van der Waals surface area contributed by atoms with Crippen LogP contribution in [-0.4, -0.2) is 17.9 Å². The lowest BCUT2D eigenvalue weighted by Crippen LogP contribution is -2.46. The molecule has 2 rings (SSSR count). The fourth-order valence-corrected chi connectivity index (χ4v) is 1.78. The summed E-state index contributed by atoms with van der Waals surface area (Å²) in [4.78, 5) is 23.5. The third-order valence-corrected chi connectivity index (χ3v) is 3.10. The SMILES string of the molecule is C[C@H](Oc1ccc(F)cc1)C(=O)NNC(=O)/C=C/c1ccc(F)cc1. The number of nitrogens with one attached hydrogen (secondary N) is 2. The van der Waals surface area contributed by atoms with E-state index in [9.17, 15) is 18.4 Å². The molecule has 25 heavy (non-hydrogen) atoms. The second kappa shape index (κ2) is 8.58. The van der Waals surface area contributed by atoms with Gasteiger partial charge in [-0.1, -0.05) is 12.1 Å². The molecule has 0 aliphatic carbocycles. The van der Waals surface area contributed by atoms with Crippen LogP contribution in [0, 0.1) is 11.6 Å². The quantitative estimate of drug-likeness (QED) is 0.646. The lowest BCUT2D eigenvalue weighted by molar-refractivity contribution is -0.131. The number of ether oxygens (including phenoxy) is 1. The molecular weight excluding hydrogens is 330 g/mol. The molecular formula is C18H16F2N2O3. The Morgan fingerprint density at radius 1 is 0.960 bits per heavy atom. The number of hydrogen-bond acceptors (Lipinski definition) is 3. The van der Waals surface area contributed by atoms with E-state index in [1.807, 2.05) is 0 Å². The molecule has 2 N–H and O–H groups in total. The predicted molar refractivity (Wildman–Crippen MR) is 88.2 cm³/mol. The standard InChI is InChI=1S/C18H16F2N2O3/c1-12(25-16-9-7-15(20)8-10-16)18(24)22-21-17(23)11-4-13-2-5-14(19)6-3-13/h2-12H,1H3,(H,21,23)(H,22,24)/b11-4+/t12-/m0/s1. The van der Waals surface area contributed by atoms with Crippen LogP contribution >= 0.6 is 0 Å². The minimum atomic E-state index is -0.896. The van der Waals surface area contributed by atoms with Crippen molar-refractivity contribution < 1.29 is 23.1 Å². The molecule has 0 aromatic heterocycles. The zero-order valence-corrected chi connectivity index (χ0v) is 13.3. The molecule has 0 heterocycles. The van der Waals surface area contributed by atoms with Gasteiger partial charge in [0.1, 0.15) is 17.4 Å². The van der Waals surface area contributed by atoms with Gasteiger partial charge in [0.15, 0.2) is 6.10 Å². The maximum absolute atomic E-state index is 12.8. The molecule has 0 bridgehead atoms. The Bertz CT molecular complexity index is 759. The Labute approximate surface area is 143 Å². The summed E-state index contributed by atoms with van der Waals surface area (Å²) < 4.78 is 30.9. The Balaban J connectivity index is 1.79. The Hall–Kier alpha value is -3.22. The molecule has 1 atom stereocenters. The van der Waals surface area contributed by atoms with Crippen LogP contribution < -0.4 is 15.6 Å². The van der Waals surface area contributed by atoms with Crippen LogP contribution in [-0.2, 0) is 9.59 Å². The van der Waals surface area contributed by atoms with Crippen LogP contribution in [0.2, 0.25) is 0 Å². The maximum Gasteiger partial charge on any atom is 0.279 e. The number of carbonyl (C=O) groups is 2. The number of hydrogen-bond donors (Lipinski definition) is 2. The van der Waals surface area contributed by atoms with Gasteiger partial charge >= 0.3 is 0 Å². The zero-order valence-electron chi connectivity index (χ0n) is 13.3. The van der Waals surface area contributed by atoms with Crippen LogP contribution in [0.3, 0.4) is 0 Å². The van der Waals surface area contributed by atoms with Gasteiger partial charge in [-0.3, -0.25) is 20.4 Å². The van der Waals surface area contributed by atoms with Crippen molar-refractivity contribution in [3.05, 3.63) is 71.8 Å². The summed E-state index contributed by atoms with van der Waals surface area (Å²) in [6.45, 7) is 1.49. The number of hydrazine groups is 1. The number of halogens is 2. The number of benzene rings is 2. The largest absolute Gasteiger partial charge is 0.481 e. The third-order valence-electron chi connectivity index (χ3n) is 3.10. The van der Waals surface area contributed by atoms with Crippen molar-refractivity contribution >= 4 is 17.9 Å². The van der Waals surface area contributed by atoms with Crippen LogP contribution in [0.15, 0.2) is 54.6 Å². The molecule has 0 saturated carbocycles. The summed E-state index contributed by atoms with van der Waals surface area (Å²) in [5.41, 5.74) is 5.05. The number of carbonyl (C=O) groups excluding carboxylic acids is 2. The average molecular weight is 346 g/mol. The van der Waals surface area contributed by atoms with Crippen molar-refractivity contribution in [2.75, 3.05) is 0 Å². The molecule has 130 valence electrons. The highest BCUT2D eigenvalue weighted by Crippen LogP contribution is 2.12. The van der Waals surface area contributed by atoms with E-state index in [4.69, 9.17) is 4.74 Å². The first-order chi connectivity index (χ1) is 11.9. The van der Waals surface area contributed by atoms with Gasteiger partial charge < -0.3 is 4.74 Å². The molecule has 0 unspecified atom stereocenters. The van der Waals surface area contributed by atoms with Gasteiger partial charge in [-0.05, 0) is 55.0 Å². The number of amides is 2. The molecule has 5 nitrogen and oxygen atoms in total. The summed E-state index contributed by atoms with van der Waals surface area (Å²) in [6.07, 6.45) is 1.77. The summed E-state index contributed by atoms with van der Waals surface area (Å²) in [6, 6.07) is 10.8. The maximum atomic E-state index is 12.8. The highest BCUT2D eigenvalue weighted by Gasteiger charge is 2.14. The Kier molecular flexibility index (Phi) is 6.22. The lowest BCUT2D eigenvalue weighted by atomic mass is 10.2. The molecule has 7 heteroatoms. The van der Waals surface area contributed by atoms with Gasteiger partial charge in [-0.2, -0.15) is 0 Å². The van der Waals surface area contributed by atoms with Crippen molar-refractivity contribution in [2.24, 2.45) is 0 Å². The van der Waals surface area contributed by atoms with E-state index in [0.29, 0.717) is 11.3 Å². The van der Waals surface area contributed by atoms with E-state index < -0.39 is 23.7 Å². The average Bonchev–Trinajstić information content (AvgIpc) is 2.61.